The molecule has 1 aliphatic carbocycles. The summed E-state index contributed by atoms with van der Waals surface area (Å²) in [7, 11) is -3.40. The van der Waals surface area contributed by atoms with Crippen LogP contribution in [0.1, 0.15) is 79.2 Å². The quantitative estimate of drug-likeness (QED) is 0.219. The van der Waals surface area contributed by atoms with Gasteiger partial charge in [-0.3, -0.25) is 0 Å². The topological polar surface area (TPSA) is 47.9 Å². The summed E-state index contributed by atoms with van der Waals surface area (Å²) in [6, 6.07) is 18.0. The molecule has 6 heteroatoms. The highest BCUT2D eigenvalue weighted by Crippen LogP contribution is 2.48. The maximum atomic E-state index is 10.3. The first-order valence-corrected chi connectivity index (χ1v) is 20.2. The molecular formula is C30H54O4Si2. The number of aliphatic hydroxyl groups excluding tert-OH is 1. The summed E-state index contributed by atoms with van der Waals surface area (Å²) < 4.78 is 20.2. The van der Waals surface area contributed by atoms with Crippen molar-refractivity contribution in [3.05, 3.63) is 35.9 Å². The van der Waals surface area contributed by atoms with Gasteiger partial charge in [0.2, 0.25) is 0 Å². The van der Waals surface area contributed by atoms with Gasteiger partial charge >= 0.3 is 0 Å². The van der Waals surface area contributed by atoms with E-state index < -0.39 is 22.9 Å². The van der Waals surface area contributed by atoms with Crippen LogP contribution < -0.4 is 0 Å². The summed E-state index contributed by atoms with van der Waals surface area (Å²) in [6.45, 7) is 14.0. The normalized spacial score (nSPS) is 27.4. The lowest BCUT2D eigenvalue weighted by Crippen LogP contribution is -2.42. The summed E-state index contributed by atoms with van der Waals surface area (Å²) in [4.78, 5) is 0. The van der Waals surface area contributed by atoms with Crippen molar-refractivity contribution in [2.24, 2.45) is 11.8 Å². The fraction of sp³-hybridized carbons (Fsp3) is 0.800. The van der Waals surface area contributed by atoms with Gasteiger partial charge in [0.25, 0.3) is 0 Å². The Labute approximate surface area is 223 Å². The molecule has 0 spiro atoms. The number of hydrogen-bond acceptors (Lipinski definition) is 4. The van der Waals surface area contributed by atoms with Gasteiger partial charge in [0.1, 0.15) is 0 Å². The van der Waals surface area contributed by atoms with Gasteiger partial charge in [-0.25, -0.2) is 0 Å². The monoisotopic (exact) mass is 534 g/mol. The van der Waals surface area contributed by atoms with Crippen molar-refractivity contribution < 1.29 is 18.7 Å². The van der Waals surface area contributed by atoms with Crippen molar-refractivity contribution in [1.29, 1.82) is 0 Å². The molecule has 6 atom stereocenters. The summed E-state index contributed by atoms with van der Waals surface area (Å²) >= 11 is 0. The zero-order valence-corrected chi connectivity index (χ0v) is 26.0. The average Bonchev–Trinajstić information content (AvgIpc) is 3.43. The van der Waals surface area contributed by atoms with Crippen molar-refractivity contribution in [2.45, 2.75) is 141 Å². The minimum Gasteiger partial charge on any atom is -0.414 e. The zero-order valence-electron chi connectivity index (χ0n) is 24.0. The second-order valence-electron chi connectivity index (χ2n) is 11.4. The number of fused-ring (bicyclic) bond motifs is 1. The van der Waals surface area contributed by atoms with Gasteiger partial charge in [-0.05, 0) is 85.8 Å². The zero-order chi connectivity index (χ0) is 26.2. The van der Waals surface area contributed by atoms with Crippen molar-refractivity contribution in [3.63, 3.8) is 0 Å². The summed E-state index contributed by atoms with van der Waals surface area (Å²) in [5.41, 5.74) is 1.40. The van der Waals surface area contributed by atoms with Crippen LogP contribution in [0.4, 0.5) is 0 Å². The lowest BCUT2D eigenvalue weighted by Gasteiger charge is -2.37. The Morgan fingerprint density at radius 2 is 1.47 bits per heavy atom. The van der Waals surface area contributed by atoms with Crippen LogP contribution in [0.3, 0.4) is 0 Å². The van der Waals surface area contributed by atoms with Crippen molar-refractivity contribution in [2.75, 3.05) is 0 Å². The van der Waals surface area contributed by atoms with E-state index in [1.165, 1.54) is 41.8 Å². The van der Waals surface area contributed by atoms with Crippen LogP contribution >= 0.6 is 0 Å². The molecule has 2 fully saturated rings. The molecule has 0 amide bonds. The first-order chi connectivity index (χ1) is 17.4. The Morgan fingerprint density at radius 1 is 0.861 bits per heavy atom. The lowest BCUT2D eigenvalue weighted by molar-refractivity contribution is -0.0946. The van der Waals surface area contributed by atoms with Crippen LogP contribution in [0, 0.1) is 11.8 Å². The van der Waals surface area contributed by atoms with Gasteiger partial charge in [-0.2, -0.15) is 0 Å². The number of aliphatic hydroxyl groups is 1. The third kappa shape index (κ3) is 7.32. The van der Waals surface area contributed by atoms with Crippen LogP contribution in [0.25, 0.3) is 0 Å². The molecule has 1 heterocycles. The third-order valence-corrected chi connectivity index (χ3v) is 19.2. The standard InChI is InChI=1S/C30H54O4Si2/c1-7-35(8-2,9-3)33-25(19-18-24-16-14-13-15-17-24)20-21-26-27-22-30(31)32-28(27)23-29(26)34-36(10-4,11-5)12-6/h13-17,25-31H,7-12,18-23H2,1-6H3/t25-,26+,27+,28-,29+,30?/m0/s1. The van der Waals surface area contributed by atoms with Gasteiger partial charge in [0, 0.05) is 12.5 Å². The predicted octanol–water partition coefficient (Wildman–Crippen LogP) is 7.92. The Hall–Kier alpha value is -0.506. The smallest absolute Gasteiger partial charge is 0.192 e. The largest absolute Gasteiger partial charge is 0.414 e. The second kappa shape index (κ2) is 14.0. The van der Waals surface area contributed by atoms with Gasteiger partial charge < -0.3 is 18.7 Å². The molecule has 0 aromatic heterocycles. The number of aryl methyl sites for hydroxylation is 1. The van der Waals surface area contributed by atoms with Crippen molar-refractivity contribution in [3.8, 4) is 0 Å². The molecule has 0 radical (unpaired) electrons. The molecule has 36 heavy (non-hydrogen) atoms. The molecule has 3 rings (SSSR count). The Morgan fingerprint density at radius 3 is 2.06 bits per heavy atom. The highest BCUT2D eigenvalue weighted by molar-refractivity contribution is 6.74. The molecule has 2 aliphatic rings. The van der Waals surface area contributed by atoms with Gasteiger partial charge in [0.05, 0.1) is 12.2 Å². The van der Waals surface area contributed by atoms with E-state index in [0.717, 1.165) is 38.5 Å². The van der Waals surface area contributed by atoms with E-state index in [2.05, 4.69) is 71.9 Å². The van der Waals surface area contributed by atoms with E-state index in [1.807, 2.05) is 0 Å². The maximum absolute atomic E-state index is 10.3. The summed E-state index contributed by atoms with van der Waals surface area (Å²) in [5, 5.41) is 10.3. The summed E-state index contributed by atoms with van der Waals surface area (Å²) in [6.07, 6.45) is 6.22. The first kappa shape index (κ1) is 30.0. The number of benzene rings is 1. The maximum Gasteiger partial charge on any atom is 0.192 e. The van der Waals surface area contributed by atoms with Gasteiger partial charge in [0.15, 0.2) is 22.9 Å². The van der Waals surface area contributed by atoms with E-state index in [1.54, 1.807) is 0 Å². The Bertz CT molecular complexity index is 736. The van der Waals surface area contributed by atoms with Crippen LogP contribution in [0.5, 0.6) is 0 Å². The van der Waals surface area contributed by atoms with E-state index in [0.29, 0.717) is 17.9 Å². The highest BCUT2D eigenvalue weighted by atomic mass is 28.4. The molecule has 1 aliphatic heterocycles. The average molecular weight is 535 g/mol. The van der Waals surface area contributed by atoms with Crippen LogP contribution in [0.2, 0.25) is 36.3 Å². The molecule has 1 saturated heterocycles. The fourth-order valence-corrected chi connectivity index (χ4v) is 12.8. The molecule has 1 aromatic rings. The van der Waals surface area contributed by atoms with Crippen molar-refractivity contribution >= 4 is 16.6 Å². The summed E-state index contributed by atoms with van der Waals surface area (Å²) in [5.74, 6) is 0.884. The van der Waals surface area contributed by atoms with E-state index in [4.69, 9.17) is 13.6 Å². The number of ether oxygens (including phenoxy) is 1. The van der Waals surface area contributed by atoms with Crippen molar-refractivity contribution in [1.82, 2.24) is 0 Å². The van der Waals surface area contributed by atoms with E-state index >= 15 is 0 Å². The Balaban J connectivity index is 1.75. The molecular weight excluding hydrogens is 480 g/mol. The number of hydrogen-bond donors (Lipinski definition) is 1. The SMILES string of the molecule is CC[Si](CC)(CC)O[C@@H](CCc1ccccc1)CC[C@@H]1[C@H]2CC(O)O[C@H]2C[C@H]1O[Si](CC)(CC)CC. The Kier molecular flexibility index (Phi) is 11.7. The minimum absolute atomic E-state index is 0.159. The molecule has 4 nitrogen and oxygen atoms in total. The molecule has 1 unspecified atom stereocenters. The third-order valence-electron chi connectivity index (χ3n) is 9.88. The fourth-order valence-electron chi connectivity index (χ4n) is 6.93. The molecule has 1 saturated carbocycles. The van der Waals surface area contributed by atoms with E-state index in [9.17, 15) is 5.11 Å². The first-order valence-electron chi connectivity index (χ1n) is 15.1. The molecule has 0 bridgehead atoms. The minimum atomic E-state index is -1.70. The molecule has 1 aromatic carbocycles. The lowest BCUT2D eigenvalue weighted by atomic mass is 9.86. The molecule has 206 valence electrons. The van der Waals surface area contributed by atoms with E-state index in [-0.39, 0.29) is 12.2 Å². The molecule has 1 N–H and O–H groups in total. The predicted molar refractivity (Wildman–Crippen MR) is 155 cm³/mol. The second-order valence-corrected chi connectivity index (χ2v) is 20.9. The number of rotatable bonds is 16. The van der Waals surface area contributed by atoms with Crippen LogP contribution in [-0.2, 0) is 20.0 Å². The van der Waals surface area contributed by atoms with Crippen LogP contribution in [0.15, 0.2) is 30.3 Å². The van der Waals surface area contributed by atoms with Crippen LogP contribution in [-0.4, -0.2) is 46.3 Å². The van der Waals surface area contributed by atoms with Gasteiger partial charge in [-0.15, -0.1) is 0 Å². The highest BCUT2D eigenvalue weighted by Gasteiger charge is 2.51. The van der Waals surface area contributed by atoms with Gasteiger partial charge in [-0.1, -0.05) is 71.9 Å².